The molecule has 0 N–H and O–H groups in total. The molecule has 0 aliphatic carbocycles. The van der Waals surface area contributed by atoms with Gasteiger partial charge in [-0.25, -0.2) is 9.67 Å². The Balaban J connectivity index is 0.00000156. The van der Waals surface area contributed by atoms with Crippen LogP contribution in [0.2, 0.25) is 5.02 Å². The van der Waals surface area contributed by atoms with Crippen LogP contribution in [0.15, 0.2) is 61.2 Å². The van der Waals surface area contributed by atoms with E-state index in [1.807, 2.05) is 36.4 Å². The minimum absolute atomic E-state index is 0. The molecule has 23 heavy (non-hydrogen) atoms. The zero-order valence-corrected chi connectivity index (χ0v) is 13.8. The first-order valence-electron chi connectivity index (χ1n) is 7.09. The van der Waals surface area contributed by atoms with E-state index in [2.05, 4.69) is 22.2 Å². The summed E-state index contributed by atoms with van der Waals surface area (Å²) in [4.78, 5) is 4.03. The van der Waals surface area contributed by atoms with Gasteiger partial charge in [0.25, 0.3) is 0 Å². The highest BCUT2D eigenvalue weighted by Crippen LogP contribution is 2.43. The highest BCUT2D eigenvalue weighted by Gasteiger charge is 2.42. The number of rotatable bonds is 3. The SMILES string of the molecule is Cl.Clc1ccc(C2(Cn3cncn3)OCc3ccccc32)cc1. The highest BCUT2D eigenvalue weighted by atomic mass is 35.5. The van der Waals surface area contributed by atoms with E-state index in [0.717, 1.165) is 5.56 Å². The highest BCUT2D eigenvalue weighted by molar-refractivity contribution is 6.30. The first kappa shape index (κ1) is 16.0. The Morgan fingerprint density at radius 2 is 1.91 bits per heavy atom. The van der Waals surface area contributed by atoms with Crippen molar-refractivity contribution in [1.29, 1.82) is 0 Å². The summed E-state index contributed by atoms with van der Waals surface area (Å²) >= 11 is 6.04. The van der Waals surface area contributed by atoms with Crippen molar-refractivity contribution in [3.63, 3.8) is 0 Å². The van der Waals surface area contributed by atoms with Crippen LogP contribution < -0.4 is 0 Å². The van der Waals surface area contributed by atoms with Crippen LogP contribution in [-0.4, -0.2) is 14.8 Å². The number of halogens is 2. The topological polar surface area (TPSA) is 39.9 Å². The van der Waals surface area contributed by atoms with E-state index in [0.29, 0.717) is 18.2 Å². The summed E-state index contributed by atoms with van der Waals surface area (Å²) in [6.45, 7) is 1.17. The largest absolute Gasteiger partial charge is 0.359 e. The van der Waals surface area contributed by atoms with Crippen molar-refractivity contribution in [3.05, 3.63) is 82.9 Å². The first-order valence-corrected chi connectivity index (χ1v) is 7.46. The smallest absolute Gasteiger partial charge is 0.138 e. The fraction of sp³-hybridized carbons (Fsp3) is 0.176. The van der Waals surface area contributed by atoms with Crippen LogP contribution in [0.25, 0.3) is 0 Å². The maximum absolute atomic E-state index is 6.28. The normalized spacial score (nSPS) is 19.2. The third kappa shape index (κ3) is 2.74. The molecule has 0 fully saturated rings. The van der Waals surface area contributed by atoms with E-state index in [9.17, 15) is 0 Å². The van der Waals surface area contributed by atoms with Crippen LogP contribution in [0.3, 0.4) is 0 Å². The van der Waals surface area contributed by atoms with Gasteiger partial charge in [-0.15, -0.1) is 12.4 Å². The van der Waals surface area contributed by atoms with Gasteiger partial charge >= 0.3 is 0 Å². The van der Waals surface area contributed by atoms with Crippen LogP contribution in [-0.2, 0) is 23.5 Å². The van der Waals surface area contributed by atoms with Gasteiger partial charge < -0.3 is 4.74 Å². The molecule has 4 rings (SSSR count). The summed E-state index contributed by atoms with van der Waals surface area (Å²) < 4.78 is 8.08. The third-order valence-corrected chi connectivity index (χ3v) is 4.34. The fourth-order valence-electron chi connectivity index (χ4n) is 3.04. The van der Waals surface area contributed by atoms with Gasteiger partial charge in [-0.1, -0.05) is 48.0 Å². The van der Waals surface area contributed by atoms with Gasteiger partial charge in [-0.2, -0.15) is 5.10 Å². The molecule has 0 bridgehead atoms. The lowest BCUT2D eigenvalue weighted by molar-refractivity contribution is -0.0204. The summed E-state index contributed by atoms with van der Waals surface area (Å²) in [6.07, 6.45) is 3.25. The third-order valence-electron chi connectivity index (χ3n) is 4.09. The molecule has 0 amide bonds. The lowest BCUT2D eigenvalue weighted by atomic mass is 9.85. The molecule has 1 unspecified atom stereocenters. The number of fused-ring (bicyclic) bond motifs is 1. The van der Waals surface area contributed by atoms with Gasteiger partial charge in [-0.3, -0.25) is 0 Å². The number of ether oxygens (including phenoxy) is 1. The first-order chi connectivity index (χ1) is 10.8. The second-order valence-electron chi connectivity index (χ2n) is 5.37. The second-order valence-corrected chi connectivity index (χ2v) is 5.81. The van der Waals surface area contributed by atoms with Gasteiger partial charge in [0.1, 0.15) is 18.3 Å². The van der Waals surface area contributed by atoms with E-state index in [1.165, 1.54) is 17.5 Å². The molecule has 1 atom stereocenters. The molecular weight excluding hydrogens is 333 g/mol. The Labute approximate surface area is 145 Å². The van der Waals surface area contributed by atoms with Crippen LogP contribution in [0, 0.1) is 0 Å². The van der Waals surface area contributed by atoms with Crippen molar-refractivity contribution < 1.29 is 4.74 Å². The van der Waals surface area contributed by atoms with E-state index in [-0.39, 0.29) is 12.4 Å². The predicted octanol–water partition coefficient (Wildman–Crippen LogP) is 3.83. The molecule has 118 valence electrons. The average molecular weight is 348 g/mol. The summed E-state index contributed by atoms with van der Waals surface area (Å²) in [5.74, 6) is 0. The van der Waals surface area contributed by atoms with Crippen LogP contribution in [0.4, 0.5) is 0 Å². The van der Waals surface area contributed by atoms with Crippen molar-refractivity contribution in [2.75, 3.05) is 0 Å². The summed E-state index contributed by atoms with van der Waals surface area (Å²) in [5, 5.41) is 4.95. The van der Waals surface area contributed by atoms with Crippen molar-refractivity contribution in [2.24, 2.45) is 0 Å². The predicted molar refractivity (Wildman–Crippen MR) is 90.7 cm³/mol. The van der Waals surface area contributed by atoms with E-state index in [4.69, 9.17) is 16.3 Å². The summed E-state index contributed by atoms with van der Waals surface area (Å²) in [5.41, 5.74) is 2.89. The van der Waals surface area contributed by atoms with Crippen molar-refractivity contribution >= 4 is 24.0 Å². The minimum Gasteiger partial charge on any atom is -0.359 e. The molecule has 0 saturated heterocycles. The van der Waals surface area contributed by atoms with Gasteiger partial charge in [-0.05, 0) is 28.8 Å². The fourth-order valence-corrected chi connectivity index (χ4v) is 3.17. The van der Waals surface area contributed by atoms with Gasteiger partial charge in [0.2, 0.25) is 0 Å². The van der Waals surface area contributed by atoms with Gasteiger partial charge in [0, 0.05) is 5.02 Å². The van der Waals surface area contributed by atoms with Crippen molar-refractivity contribution in [2.45, 2.75) is 18.8 Å². The number of hydrogen-bond donors (Lipinski definition) is 0. The average Bonchev–Trinajstić information content (AvgIpc) is 3.18. The van der Waals surface area contributed by atoms with Crippen molar-refractivity contribution in [1.82, 2.24) is 14.8 Å². The summed E-state index contributed by atoms with van der Waals surface area (Å²) in [6, 6.07) is 16.1. The second kappa shape index (κ2) is 6.32. The molecule has 2 aromatic carbocycles. The van der Waals surface area contributed by atoms with Gasteiger partial charge in [0.15, 0.2) is 0 Å². The number of nitrogens with zero attached hydrogens (tertiary/aromatic N) is 3. The van der Waals surface area contributed by atoms with Gasteiger partial charge in [0.05, 0.1) is 13.2 Å². The maximum atomic E-state index is 6.28. The van der Waals surface area contributed by atoms with Crippen LogP contribution >= 0.6 is 24.0 Å². The van der Waals surface area contributed by atoms with E-state index in [1.54, 1.807) is 11.0 Å². The maximum Gasteiger partial charge on any atom is 0.138 e. The number of benzene rings is 2. The minimum atomic E-state index is -0.561. The standard InChI is InChI=1S/C17H14ClN3O.ClH/c18-15-7-5-14(6-8-15)17(10-21-12-19-11-20-21)16-4-2-1-3-13(16)9-22-17;/h1-8,11-12H,9-10H2;1H. The Hall–Kier alpha value is -1.88. The molecule has 0 saturated carbocycles. The van der Waals surface area contributed by atoms with E-state index < -0.39 is 5.60 Å². The van der Waals surface area contributed by atoms with Crippen LogP contribution in [0.1, 0.15) is 16.7 Å². The quantitative estimate of drug-likeness (QED) is 0.722. The van der Waals surface area contributed by atoms with E-state index >= 15 is 0 Å². The molecular formula is C17H15Cl2N3O. The molecule has 0 radical (unpaired) electrons. The Morgan fingerprint density at radius 1 is 1.13 bits per heavy atom. The summed E-state index contributed by atoms with van der Waals surface area (Å²) in [7, 11) is 0. The molecule has 6 heteroatoms. The Kier molecular flexibility index (Phi) is 4.39. The molecule has 3 aromatic rings. The Bertz CT molecular complexity index is 790. The zero-order chi connectivity index (χ0) is 15.0. The molecule has 1 aliphatic rings. The molecule has 1 aromatic heterocycles. The lowest BCUT2D eigenvalue weighted by Gasteiger charge is -2.30. The molecule has 2 heterocycles. The number of hydrogen-bond acceptors (Lipinski definition) is 3. The molecule has 4 nitrogen and oxygen atoms in total. The molecule has 1 aliphatic heterocycles. The molecule has 0 spiro atoms. The zero-order valence-electron chi connectivity index (χ0n) is 12.2. The number of aromatic nitrogens is 3. The Morgan fingerprint density at radius 3 is 2.65 bits per heavy atom. The van der Waals surface area contributed by atoms with Crippen molar-refractivity contribution in [3.8, 4) is 0 Å². The monoisotopic (exact) mass is 347 g/mol. The van der Waals surface area contributed by atoms with Crippen LogP contribution in [0.5, 0.6) is 0 Å². The lowest BCUT2D eigenvalue weighted by Crippen LogP contribution is -2.32.